The Kier molecular flexibility index (Phi) is 7.49. The molecule has 0 aliphatic rings. The molecule has 2 aromatic rings. The Hall–Kier alpha value is -3.22. The van der Waals surface area contributed by atoms with E-state index in [9.17, 15) is 9.59 Å². The lowest BCUT2D eigenvalue weighted by Crippen LogP contribution is -2.20. The van der Waals surface area contributed by atoms with Crippen LogP contribution >= 0.6 is 0 Å². The summed E-state index contributed by atoms with van der Waals surface area (Å²) in [5.74, 6) is 1.25. The monoisotopic (exact) mass is 372 g/mol. The Labute approximate surface area is 158 Å². The number of benzene rings is 2. The van der Waals surface area contributed by atoms with Crippen molar-refractivity contribution in [3.63, 3.8) is 0 Å². The number of nitrogens with one attached hydrogen (secondary N) is 2. The van der Waals surface area contributed by atoms with Gasteiger partial charge in [-0.15, -0.1) is 0 Å². The molecule has 0 fully saturated rings. The number of carbonyl (C=O) groups excluding carboxylic acids is 2. The third-order valence-electron chi connectivity index (χ3n) is 3.38. The summed E-state index contributed by atoms with van der Waals surface area (Å²) in [5, 5.41) is 5.44. The first-order valence-electron chi connectivity index (χ1n) is 8.71. The molecule has 0 heterocycles. The first kappa shape index (κ1) is 20.1. The second-order valence-corrected chi connectivity index (χ2v) is 5.57. The van der Waals surface area contributed by atoms with Crippen LogP contribution in [0, 0.1) is 0 Å². The fourth-order valence-corrected chi connectivity index (χ4v) is 2.32. The molecule has 0 aliphatic carbocycles. The molecule has 2 N–H and O–H groups in total. The highest BCUT2D eigenvalue weighted by molar-refractivity contribution is 5.93. The minimum Gasteiger partial charge on any atom is -0.494 e. The molecule has 0 radical (unpaired) electrons. The summed E-state index contributed by atoms with van der Waals surface area (Å²) in [6.07, 6.45) is 0. The van der Waals surface area contributed by atoms with Crippen LogP contribution in [0.3, 0.4) is 0 Å². The molecular weight excluding hydrogens is 348 g/mol. The van der Waals surface area contributed by atoms with Crippen molar-refractivity contribution in [3.05, 3.63) is 42.5 Å². The van der Waals surface area contributed by atoms with Crippen LogP contribution in [0.5, 0.6) is 17.2 Å². The number of amides is 2. The molecule has 2 amide bonds. The largest absolute Gasteiger partial charge is 0.494 e. The number of carbonyl (C=O) groups is 2. The van der Waals surface area contributed by atoms with Gasteiger partial charge >= 0.3 is 0 Å². The van der Waals surface area contributed by atoms with Crippen LogP contribution in [-0.4, -0.2) is 31.6 Å². The summed E-state index contributed by atoms with van der Waals surface area (Å²) in [4.78, 5) is 23.2. The molecule has 0 atom stereocenters. The number of ether oxygens (including phenoxy) is 3. The SMILES string of the molecule is CCOc1ccc(OCC)c(NC(=O)COc2ccc(NC(C)=O)cc2)c1. The van der Waals surface area contributed by atoms with E-state index in [1.807, 2.05) is 13.8 Å². The lowest BCUT2D eigenvalue weighted by atomic mass is 10.2. The van der Waals surface area contributed by atoms with E-state index in [0.717, 1.165) is 0 Å². The third kappa shape index (κ3) is 6.54. The van der Waals surface area contributed by atoms with Gasteiger partial charge in [0.05, 0.1) is 18.9 Å². The van der Waals surface area contributed by atoms with Gasteiger partial charge in [0.2, 0.25) is 5.91 Å². The number of hydrogen-bond donors (Lipinski definition) is 2. The highest BCUT2D eigenvalue weighted by Gasteiger charge is 2.10. The van der Waals surface area contributed by atoms with E-state index in [1.54, 1.807) is 42.5 Å². The second kappa shape index (κ2) is 10.1. The molecule has 27 heavy (non-hydrogen) atoms. The van der Waals surface area contributed by atoms with Crippen molar-refractivity contribution in [1.82, 2.24) is 0 Å². The van der Waals surface area contributed by atoms with Crippen molar-refractivity contribution in [3.8, 4) is 17.2 Å². The Morgan fingerprint density at radius 1 is 0.852 bits per heavy atom. The van der Waals surface area contributed by atoms with Crippen molar-refractivity contribution in [2.45, 2.75) is 20.8 Å². The molecule has 2 aromatic carbocycles. The molecule has 0 aliphatic heterocycles. The normalized spacial score (nSPS) is 10.0. The number of hydrogen-bond acceptors (Lipinski definition) is 5. The molecule has 7 nitrogen and oxygen atoms in total. The quantitative estimate of drug-likeness (QED) is 0.704. The molecule has 0 spiro atoms. The number of rotatable bonds is 9. The van der Waals surface area contributed by atoms with Gasteiger partial charge in [-0.1, -0.05) is 0 Å². The van der Waals surface area contributed by atoms with Crippen LogP contribution in [0.4, 0.5) is 11.4 Å². The maximum Gasteiger partial charge on any atom is 0.262 e. The van der Waals surface area contributed by atoms with Crippen molar-refractivity contribution in [2.75, 3.05) is 30.5 Å². The van der Waals surface area contributed by atoms with Gasteiger partial charge in [0, 0.05) is 18.7 Å². The molecule has 0 saturated carbocycles. The summed E-state index contributed by atoms with van der Waals surface area (Å²) < 4.78 is 16.5. The van der Waals surface area contributed by atoms with Gasteiger partial charge in [0.1, 0.15) is 17.2 Å². The van der Waals surface area contributed by atoms with Gasteiger partial charge in [-0.2, -0.15) is 0 Å². The van der Waals surface area contributed by atoms with E-state index in [-0.39, 0.29) is 18.4 Å². The molecule has 7 heteroatoms. The van der Waals surface area contributed by atoms with Gasteiger partial charge < -0.3 is 24.8 Å². The smallest absolute Gasteiger partial charge is 0.262 e. The van der Waals surface area contributed by atoms with Crippen molar-refractivity contribution in [2.24, 2.45) is 0 Å². The number of anilines is 2. The summed E-state index contributed by atoms with van der Waals surface area (Å²) in [6, 6.07) is 12.0. The third-order valence-corrected chi connectivity index (χ3v) is 3.38. The second-order valence-electron chi connectivity index (χ2n) is 5.57. The van der Waals surface area contributed by atoms with Gasteiger partial charge in [-0.05, 0) is 50.2 Å². The minimum atomic E-state index is -0.324. The van der Waals surface area contributed by atoms with Crippen molar-refractivity contribution >= 4 is 23.2 Å². The fourth-order valence-electron chi connectivity index (χ4n) is 2.32. The van der Waals surface area contributed by atoms with Gasteiger partial charge in [0.15, 0.2) is 6.61 Å². The zero-order chi connectivity index (χ0) is 19.6. The predicted molar refractivity (Wildman–Crippen MR) is 104 cm³/mol. The molecule has 144 valence electrons. The Morgan fingerprint density at radius 2 is 1.52 bits per heavy atom. The molecule has 0 aromatic heterocycles. The Bertz CT molecular complexity index is 774. The van der Waals surface area contributed by atoms with Crippen LogP contribution in [0.1, 0.15) is 20.8 Å². The van der Waals surface area contributed by atoms with E-state index in [2.05, 4.69) is 10.6 Å². The summed E-state index contributed by atoms with van der Waals surface area (Å²) in [6.45, 7) is 6.04. The Morgan fingerprint density at radius 3 is 2.15 bits per heavy atom. The maximum atomic E-state index is 12.2. The zero-order valence-electron chi connectivity index (χ0n) is 15.7. The first-order valence-corrected chi connectivity index (χ1v) is 8.71. The fraction of sp³-hybridized carbons (Fsp3) is 0.300. The predicted octanol–water partition coefficient (Wildman–Crippen LogP) is 3.46. The molecule has 0 bridgehead atoms. The molecule has 0 saturated heterocycles. The van der Waals surface area contributed by atoms with Crippen molar-refractivity contribution < 1.29 is 23.8 Å². The van der Waals surface area contributed by atoms with E-state index in [4.69, 9.17) is 14.2 Å². The van der Waals surface area contributed by atoms with Crippen LogP contribution < -0.4 is 24.8 Å². The van der Waals surface area contributed by atoms with Gasteiger partial charge in [0.25, 0.3) is 5.91 Å². The molecular formula is C20H24N2O5. The average molecular weight is 372 g/mol. The van der Waals surface area contributed by atoms with E-state index < -0.39 is 0 Å². The van der Waals surface area contributed by atoms with Crippen LogP contribution in [-0.2, 0) is 9.59 Å². The molecule has 2 rings (SSSR count). The Balaban J connectivity index is 1.96. The average Bonchev–Trinajstić information content (AvgIpc) is 2.63. The first-order chi connectivity index (χ1) is 13.0. The topological polar surface area (TPSA) is 85.9 Å². The summed E-state index contributed by atoms with van der Waals surface area (Å²) >= 11 is 0. The minimum absolute atomic E-state index is 0.151. The lowest BCUT2D eigenvalue weighted by molar-refractivity contribution is -0.118. The summed E-state index contributed by atoms with van der Waals surface area (Å²) in [5.41, 5.74) is 1.19. The van der Waals surface area contributed by atoms with Crippen LogP contribution in [0.25, 0.3) is 0 Å². The van der Waals surface area contributed by atoms with E-state index >= 15 is 0 Å². The van der Waals surface area contributed by atoms with Crippen LogP contribution in [0.15, 0.2) is 42.5 Å². The van der Waals surface area contributed by atoms with E-state index in [0.29, 0.717) is 41.8 Å². The lowest BCUT2D eigenvalue weighted by Gasteiger charge is -2.14. The summed E-state index contributed by atoms with van der Waals surface area (Å²) in [7, 11) is 0. The zero-order valence-corrected chi connectivity index (χ0v) is 15.7. The van der Waals surface area contributed by atoms with Crippen molar-refractivity contribution in [1.29, 1.82) is 0 Å². The van der Waals surface area contributed by atoms with E-state index in [1.165, 1.54) is 6.92 Å². The van der Waals surface area contributed by atoms with Gasteiger partial charge in [-0.3, -0.25) is 9.59 Å². The van der Waals surface area contributed by atoms with Gasteiger partial charge in [-0.25, -0.2) is 0 Å². The standard InChI is InChI=1S/C20H24N2O5/c1-4-25-17-10-11-19(26-5-2)18(12-17)22-20(24)13-27-16-8-6-15(7-9-16)21-14(3)23/h6-12H,4-5,13H2,1-3H3,(H,21,23)(H,22,24). The molecule has 0 unspecified atom stereocenters. The highest BCUT2D eigenvalue weighted by Crippen LogP contribution is 2.29. The van der Waals surface area contributed by atoms with Crippen LogP contribution in [0.2, 0.25) is 0 Å². The maximum absolute atomic E-state index is 12.2. The highest BCUT2D eigenvalue weighted by atomic mass is 16.5.